The Bertz CT molecular complexity index is 564. The first-order chi connectivity index (χ1) is 10.2. The molecule has 0 radical (unpaired) electrons. The third-order valence-electron chi connectivity index (χ3n) is 3.44. The number of amides is 1. The normalized spacial score (nSPS) is 10.4. The first-order valence-corrected chi connectivity index (χ1v) is 7.26. The second-order valence-electron chi connectivity index (χ2n) is 5.25. The maximum absolute atomic E-state index is 12.5. The van der Waals surface area contributed by atoms with Crippen LogP contribution in [0.15, 0.2) is 54.6 Å². The van der Waals surface area contributed by atoms with Gasteiger partial charge in [-0.15, -0.1) is 0 Å². The molecule has 1 amide bonds. The summed E-state index contributed by atoms with van der Waals surface area (Å²) < 4.78 is 0. The molecule has 0 spiro atoms. The second-order valence-corrected chi connectivity index (χ2v) is 5.25. The quantitative estimate of drug-likeness (QED) is 0.885. The fourth-order valence-electron chi connectivity index (χ4n) is 2.24. The van der Waals surface area contributed by atoms with Gasteiger partial charge in [-0.25, -0.2) is 0 Å². The van der Waals surface area contributed by atoms with Crippen molar-refractivity contribution in [1.29, 1.82) is 0 Å². The van der Waals surface area contributed by atoms with E-state index in [1.807, 2.05) is 66.4 Å². The van der Waals surface area contributed by atoms with Crippen LogP contribution in [0.3, 0.4) is 0 Å². The van der Waals surface area contributed by atoms with E-state index in [1.165, 1.54) is 5.56 Å². The van der Waals surface area contributed by atoms with Gasteiger partial charge >= 0.3 is 0 Å². The number of hydrogen-bond donors (Lipinski definition) is 1. The lowest BCUT2D eigenvalue weighted by Gasteiger charge is -2.22. The van der Waals surface area contributed by atoms with Gasteiger partial charge < -0.3 is 10.6 Å². The average Bonchev–Trinajstić information content (AvgIpc) is 2.50. The van der Waals surface area contributed by atoms with E-state index in [0.717, 1.165) is 11.1 Å². The summed E-state index contributed by atoms with van der Waals surface area (Å²) in [6.07, 6.45) is 0.424. The van der Waals surface area contributed by atoms with Gasteiger partial charge in [-0.3, -0.25) is 4.79 Å². The average molecular weight is 282 g/mol. The highest BCUT2D eigenvalue weighted by Crippen LogP contribution is 2.09. The van der Waals surface area contributed by atoms with Crippen molar-refractivity contribution in [3.05, 3.63) is 71.3 Å². The lowest BCUT2D eigenvalue weighted by atomic mass is 10.1. The Labute approximate surface area is 126 Å². The minimum absolute atomic E-state index is 0.119. The lowest BCUT2D eigenvalue weighted by Crippen LogP contribution is -2.35. The van der Waals surface area contributed by atoms with Crippen molar-refractivity contribution in [2.24, 2.45) is 5.73 Å². The molecular weight excluding hydrogens is 260 g/mol. The van der Waals surface area contributed by atoms with Crippen LogP contribution in [0.2, 0.25) is 0 Å². The highest BCUT2D eigenvalue weighted by atomic mass is 16.2. The molecule has 2 rings (SSSR count). The topological polar surface area (TPSA) is 46.3 Å². The number of aryl methyl sites for hydroxylation is 1. The van der Waals surface area contributed by atoms with Crippen molar-refractivity contribution in [2.75, 3.05) is 13.1 Å². The monoisotopic (exact) mass is 282 g/mol. The van der Waals surface area contributed by atoms with Gasteiger partial charge in [-0.05, 0) is 18.1 Å². The minimum Gasteiger partial charge on any atom is -0.337 e. The second kappa shape index (κ2) is 7.60. The predicted molar refractivity (Wildman–Crippen MR) is 85.8 cm³/mol. The third-order valence-corrected chi connectivity index (χ3v) is 3.44. The Hall–Kier alpha value is -2.13. The smallest absolute Gasteiger partial charge is 0.227 e. The van der Waals surface area contributed by atoms with Crippen molar-refractivity contribution >= 4 is 5.91 Å². The number of hydrogen-bond acceptors (Lipinski definition) is 2. The molecule has 21 heavy (non-hydrogen) atoms. The largest absolute Gasteiger partial charge is 0.337 e. The van der Waals surface area contributed by atoms with E-state index in [0.29, 0.717) is 26.1 Å². The zero-order valence-electron chi connectivity index (χ0n) is 12.5. The van der Waals surface area contributed by atoms with E-state index >= 15 is 0 Å². The third kappa shape index (κ3) is 4.72. The number of carbonyl (C=O) groups excluding carboxylic acids is 1. The number of nitrogens with zero attached hydrogens (tertiary/aromatic N) is 1. The summed E-state index contributed by atoms with van der Waals surface area (Å²) in [7, 11) is 0. The van der Waals surface area contributed by atoms with Crippen molar-refractivity contribution < 1.29 is 4.79 Å². The van der Waals surface area contributed by atoms with Gasteiger partial charge in [0.1, 0.15) is 0 Å². The van der Waals surface area contributed by atoms with Gasteiger partial charge in [0.25, 0.3) is 0 Å². The van der Waals surface area contributed by atoms with Crippen molar-refractivity contribution in [3.63, 3.8) is 0 Å². The molecule has 2 aromatic rings. The van der Waals surface area contributed by atoms with Crippen LogP contribution in [0, 0.1) is 6.92 Å². The summed E-state index contributed by atoms with van der Waals surface area (Å²) in [6, 6.07) is 18.1. The van der Waals surface area contributed by atoms with Crippen molar-refractivity contribution in [1.82, 2.24) is 4.90 Å². The summed E-state index contributed by atoms with van der Waals surface area (Å²) in [5.41, 5.74) is 9.01. The van der Waals surface area contributed by atoms with Gasteiger partial charge in [-0.2, -0.15) is 0 Å². The molecule has 110 valence electrons. The van der Waals surface area contributed by atoms with E-state index in [2.05, 4.69) is 0 Å². The van der Waals surface area contributed by atoms with Crippen molar-refractivity contribution in [2.45, 2.75) is 19.9 Å². The van der Waals surface area contributed by atoms with E-state index < -0.39 is 0 Å². The fourth-order valence-corrected chi connectivity index (χ4v) is 2.24. The number of rotatable bonds is 6. The zero-order chi connectivity index (χ0) is 15.1. The highest BCUT2D eigenvalue weighted by molar-refractivity contribution is 5.78. The van der Waals surface area contributed by atoms with Crippen LogP contribution in [-0.4, -0.2) is 23.9 Å². The van der Waals surface area contributed by atoms with Gasteiger partial charge in [0.15, 0.2) is 0 Å². The highest BCUT2D eigenvalue weighted by Gasteiger charge is 2.13. The molecule has 0 aliphatic heterocycles. The van der Waals surface area contributed by atoms with Crippen LogP contribution in [-0.2, 0) is 17.8 Å². The molecule has 0 saturated heterocycles. The molecule has 3 heteroatoms. The SMILES string of the molecule is Cc1ccc(CC(=O)N(CCN)Cc2ccccc2)cc1. The first kappa shape index (κ1) is 15.3. The van der Waals surface area contributed by atoms with E-state index in [4.69, 9.17) is 5.73 Å². The summed E-state index contributed by atoms with van der Waals surface area (Å²) in [5, 5.41) is 0. The fraction of sp³-hybridized carbons (Fsp3) is 0.278. The van der Waals surface area contributed by atoms with Crippen molar-refractivity contribution in [3.8, 4) is 0 Å². The molecule has 0 bridgehead atoms. The number of nitrogens with two attached hydrogens (primary N) is 1. The predicted octanol–water partition coefficient (Wildman–Crippen LogP) is 2.53. The molecule has 0 heterocycles. The molecule has 0 saturated carbocycles. The van der Waals surface area contributed by atoms with Gasteiger partial charge in [0.2, 0.25) is 5.91 Å². The van der Waals surface area contributed by atoms with E-state index in [9.17, 15) is 4.79 Å². The van der Waals surface area contributed by atoms with Gasteiger partial charge in [0.05, 0.1) is 6.42 Å². The number of benzene rings is 2. The summed E-state index contributed by atoms with van der Waals surface area (Å²) >= 11 is 0. The van der Waals surface area contributed by atoms with Crippen LogP contribution < -0.4 is 5.73 Å². The Morgan fingerprint density at radius 2 is 1.67 bits per heavy atom. The van der Waals surface area contributed by atoms with Crippen LogP contribution in [0.5, 0.6) is 0 Å². The minimum atomic E-state index is 0.119. The zero-order valence-corrected chi connectivity index (χ0v) is 12.5. The molecule has 0 unspecified atom stereocenters. The molecular formula is C18H22N2O. The molecule has 2 aromatic carbocycles. The number of carbonyl (C=O) groups is 1. The first-order valence-electron chi connectivity index (χ1n) is 7.26. The molecule has 0 atom stereocenters. The van der Waals surface area contributed by atoms with Crippen LogP contribution in [0.25, 0.3) is 0 Å². The molecule has 2 N–H and O–H groups in total. The van der Waals surface area contributed by atoms with E-state index in [-0.39, 0.29) is 5.91 Å². The maximum atomic E-state index is 12.5. The Morgan fingerprint density at radius 3 is 2.29 bits per heavy atom. The Balaban J connectivity index is 2.03. The summed E-state index contributed by atoms with van der Waals surface area (Å²) in [4.78, 5) is 14.3. The lowest BCUT2D eigenvalue weighted by molar-refractivity contribution is -0.131. The van der Waals surface area contributed by atoms with Gasteiger partial charge in [0, 0.05) is 19.6 Å². The molecule has 3 nitrogen and oxygen atoms in total. The van der Waals surface area contributed by atoms with Crippen LogP contribution in [0.1, 0.15) is 16.7 Å². The molecule has 0 aliphatic carbocycles. The standard InChI is InChI=1S/C18H22N2O/c1-15-7-9-16(10-8-15)13-18(21)20(12-11-19)14-17-5-3-2-4-6-17/h2-10H,11-14,19H2,1H3. The summed E-state index contributed by atoms with van der Waals surface area (Å²) in [5.74, 6) is 0.119. The Morgan fingerprint density at radius 1 is 1.00 bits per heavy atom. The van der Waals surface area contributed by atoms with Gasteiger partial charge in [-0.1, -0.05) is 60.2 Å². The molecule has 0 aliphatic rings. The molecule has 0 aromatic heterocycles. The maximum Gasteiger partial charge on any atom is 0.227 e. The Kier molecular flexibility index (Phi) is 5.52. The van der Waals surface area contributed by atoms with E-state index in [1.54, 1.807) is 0 Å². The van der Waals surface area contributed by atoms with Crippen LogP contribution in [0.4, 0.5) is 0 Å². The van der Waals surface area contributed by atoms with Crippen LogP contribution >= 0.6 is 0 Å². The summed E-state index contributed by atoms with van der Waals surface area (Å²) in [6.45, 7) is 3.72. The molecule has 0 fully saturated rings.